The second kappa shape index (κ2) is 31.3. The van der Waals surface area contributed by atoms with E-state index in [9.17, 15) is 47.9 Å². The summed E-state index contributed by atoms with van der Waals surface area (Å²) < 4.78 is 87.6. The quantitative estimate of drug-likeness (QED) is 0.0460. The third kappa shape index (κ3) is 18.5. The number of aryl methyl sites for hydroxylation is 1. The maximum atomic E-state index is 14.4. The Morgan fingerprint density at radius 3 is 1.44 bits per heavy atom. The molecule has 5 rings (SSSR count). The second-order valence-corrected chi connectivity index (χ2v) is 19.3. The van der Waals surface area contributed by atoms with Gasteiger partial charge < -0.3 is 80.9 Å². The van der Waals surface area contributed by atoms with Gasteiger partial charge in [0, 0.05) is 79.6 Å². The zero-order valence-electron chi connectivity index (χ0n) is 48.8. The number of unbranched alkanes of at least 4 members (excludes halogenated alkanes) is 5. The van der Waals surface area contributed by atoms with Crippen LogP contribution in [-0.4, -0.2) is 154 Å². The van der Waals surface area contributed by atoms with Gasteiger partial charge >= 0.3 is 47.8 Å². The van der Waals surface area contributed by atoms with Crippen molar-refractivity contribution in [2.75, 3.05) is 39.4 Å². The lowest BCUT2D eigenvalue weighted by atomic mass is 9.98. The number of carbonyl (C=O) groups excluding carboxylic acids is 9. The number of benzene rings is 2. The van der Waals surface area contributed by atoms with Gasteiger partial charge in [-0.25, -0.2) is 0 Å². The van der Waals surface area contributed by atoms with Crippen molar-refractivity contribution in [3.63, 3.8) is 0 Å². The van der Waals surface area contributed by atoms with E-state index >= 15 is 0 Å². The van der Waals surface area contributed by atoms with E-state index in [0.717, 1.165) is 87.5 Å². The van der Waals surface area contributed by atoms with Gasteiger partial charge in [0.25, 0.3) is 5.56 Å². The van der Waals surface area contributed by atoms with E-state index in [1.165, 1.54) is 68.3 Å². The summed E-state index contributed by atoms with van der Waals surface area (Å²) in [5.74, 6) is -7.87. The minimum atomic E-state index is -1.75. The number of nitrogens with one attached hydrogen (secondary N) is 1. The Labute approximate surface area is 483 Å². The number of esters is 8. The fourth-order valence-corrected chi connectivity index (χ4v) is 9.13. The van der Waals surface area contributed by atoms with Crippen molar-refractivity contribution in [3.05, 3.63) is 52.3 Å². The normalized spacial score (nSPS) is 21.9. The molecule has 1 aromatic heterocycles. The number of nitrogens with zero attached hydrogens (tertiary/aromatic N) is 1. The maximum absolute atomic E-state index is 14.4. The van der Waals surface area contributed by atoms with Crippen LogP contribution in [0.15, 0.2) is 41.2 Å². The number of aromatic nitrogens is 1. The molecule has 460 valence electrons. The van der Waals surface area contributed by atoms with Gasteiger partial charge in [-0.15, -0.1) is 0 Å². The van der Waals surface area contributed by atoms with Gasteiger partial charge in [-0.1, -0.05) is 39.0 Å². The molecule has 2 aliphatic rings. The van der Waals surface area contributed by atoms with Gasteiger partial charge in [-0.2, -0.15) is 0 Å². The number of fused-ring (bicyclic) bond motifs is 1. The molecule has 0 unspecified atom stereocenters. The molecule has 0 aliphatic carbocycles. The molecule has 1 N–H and O–H groups in total. The van der Waals surface area contributed by atoms with Crippen molar-refractivity contribution in [3.8, 4) is 28.7 Å². The summed E-state index contributed by atoms with van der Waals surface area (Å²) in [5, 5.41) is 2.98. The number of ether oxygens (including phenoxy) is 15. The van der Waals surface area contributed by atoms with Crippen molar-refractivity contribution in [1.29, 1.82) is 0 Å². The molecule has 0 spiro atoms. The zero-order valence-corrected chi connectivity index (χ0v) is 48.8. The van der Waals surface area contributed by atoms with E-state index < -0.39 is 134 Å². The van der Waals surface area contributed by atoms with Crippen molar-refractivity contribution in [2.24, 2.45) is 7.05 Å². The van der Waals surface area contributed by atoms with E-state index in [1.807, 2.05) is 0 Å². The number of anilines is 1. The third-order valence-electron chi connectivity index (χ3n) is 12.6. The van der Waals surface area contributed by atoms with Crippen LogP contribution in [0, 0.1) is 0 Å². The number of methoxy groups -OCH3 is 2. The van der Waals surface area contributed by atoms with Crippen LogP contribution in [0.25, 0.3) is 17.0 Å². The monoisotopic (exact) mass is 1180 g/mol. The minimum absolute atomic E-state index is 0.00474. The first-order valence-corrected chi connectivity index (χ1v) is 26.8. The second-order valence-electron chi connectivity index (χ2n) is 19.3. The summed E-state index contributed by atoms with van der Waals surface area (Å²) in [4.78, 5) is 127. The molecule has 2 aromatic carbocycles. The lowest BCUT2D eigenvalue weighted by molar-refractivity contribution is -0.288. The van der Waals surface area contributed by atoms with Crippen molar-refractivity contribution >= 4 is 76.3 Å². The number of amides is 1. The maximum Gasteiger partial charge on any atom is 0.303 e. The predicted molar refractivity (Wildman–Crippen MR) is 290 cm³/mol. The number of hydrogen-bond acceptors (Lipinski definition) is 25. The van der Waals surface area contributed by atoms with Crippen LogP contribution in [-0.2, 0) is 97.6 Å². The zero-order chi connectivity index (χ0) is 61.9. The number of hydrogen-bond donors (Lipinski definition) is 1. The van der Waals surface area contributed by atoms with E-state index in [0.29, 0.717) is 12.0 Å². The Bertz CT molecular complexity index is 2950. The van der Waals surface area contributed by atoms with Crippen LogP contribution in [0.1, 0.15) is 106 Å². The molecule has 10 atom stereocenters. The molecule has 1 amide bonds. The molecule has 0 radical (unpaired) electrons. The average Bonchev–Trinajstić information content (AvgIpc) is 2.14. The van der Waals surface area contributed by atoms with Gasteiger partial charge in [0.05, 0.1) is 26.3 Å². The topological polar surface area (TPSA) is 326 Å². The fourth-order valence-electron chi connectivity index (χ4n) is 9.13. The molecule has 0 saturated carbocycles. The Morgan fingerprint density at radius 1 is 0.548 bits per heavy atom. The number of pyridine rings is 1. The van der Waals surface area contributed by atoms with Crippen LogP contribution in [0.3, 0.4) is 0 Å². The highest BCUT2D eigenvalue weighted by atomic mass is 16.8. The highest BCUT2D eigenvalue weighted by molar-refractivity contribution is 6.03. The molecule has 27 nitrogen and oxygen atoms in total. The van der Waals surface area contributed by atoms with E-state index in [-0.39, 0.29) is 51.9 Å². The summed E-state index contributed by atoms with van der Waals surface area (Å²) >= 11 is 0. The molecule has 2 fully saturated rings. The summed E-state index contributed by atoms with van der Waals surface area (Å²) in [6, 6.07) is 7.41. The Morgan fingerprint density at radius 2 is 0.988 bits per heavy atom. The van der Waals surface area contributed by atoms with E-state index in [2.05, 4.69) is 12.2 Å². The smallest absolute Gasteiger partial charge is 0.303 e. The first-order valence-electron chi connectivity index (χ1n) is 26.8. The highest BCUT2D eigenvalue weighted by Gasteiger charge is 2.55. The van der Waals surface area contributed by atoms with Gasteiger partial charge in [-0.05, 0) is 48.4 Å². The van der Waals surface area contributed by atoms with Crippen LogP contribution in [0.2, 0.25) is 0 Å². The van der Waals surface area contributed by atoms with Crippen LogP contribution in [0.4, 0.5) is 5.69 Å². The van der Waals surface area contributed by atoms with E-state index in [1.54, 1.807) is 0 Å². The van der Waals surface area contributed by atoms with E-state index in [4.69, 9.17) is 71.1 Å². The van der Waals surface area contributed by atoms with Crippen molar-refractivity contribution < 1.29 is 114 Å². The molecule has 2 saturated heterocycles. The van der Waals surface area contributed by atoms with Crippen LogP contribution >= 0.6 is 0 Å². The standard InChI is InChI=1S/C57H72N2O25/c1-13-14-15-16-17-18-23-72-52-46(83-56-53(79-35(8)66)50(77-33(6)64)48(75-31(4)62)43(81-56)27-73-29(2)60)39-21-20-38(26-40(39)59(10)55(52)69)58-45(68)22-19-37-24-41(70-11)47(42(25-37)71-12)84-57-54(80-36(9)67)51(78-34(7)65)49(76-32(5)63)44(82-57)28-74-30(3)61/h19-22,24-26,43-44,48-51,53-54,56-57H,13-18,23,27-28H2,1-12H3,(H,58,68)/b22-19+/t43-,44-,48+,49+,50+,51+,53-,54-,56+,57+/m1/s1. The Hall–Kier alpha value is -8.46. The first-order chi connectivity index (χ1) is 39.8. The van der Waals surface area contributed by atoms with Crippen LogP contribution < -0.4 is 34.6 Å². The summed E-state index contributed by atoms with van der Waals surface area (Å²) in [6.45, 7) is 9.83. The summed E-state index contributed by atoms with van der Waals surface area (Å²) in [7, 11) is 4.07. The largest absolute Gasteiger partial charge is 0.493 e. The first kappa shape index (κ1) is 66.3. The van der Waals surface area contributed by atoms with Gasteiger partial charge in [-0.3, -0.25) is 47.9 Å². The van der Waals surface area contributed by atoms with Gasteiger partial charge in [0.15, 0.2) is 41.7 Å². The lowest BCUT2D eigenvalue weighted by Crippen LogP contribution is -2.63. The third-order valence-corrected chi connectivity index (χ3v) is 12.6. The fraction of sp³-hybridized carbons (Fsp3) is 0.544. The number of rotatable bonds is 27. The summed E-state index contributed by atoms with van der Waals surface area (Å²) in [5.41, 5.74) is 0.0130. The Kier molecular flexibility index (Phi) is 24.7. The molecule has 2 aliphatic heterocycles. The predicted octanol–water partition coefficient (Wildman–Crippen LogP) is 4.87. The SMILES string of the molecule is CCCCCCCCOc1c(O[C@@H]2O[C@H](COC(C)=O)[C@H](OC(C)=O)[C@H](OC(C)=O)[C@H]2OC(C)=O)c2ccc(NC(=O)/C=C/c3cc(OC)c(O[C@@H]4O[C@H](COC(C)=O)[C@H](OC(C)=O)[C@H](OC(C)=O)[C@H]4OC(C)=O)c(OC)c3)cc2n(C)c1=O. The molecular formula is C57H72N2O25. The van der Waals surface area contributed by atoms with Crippen molar-refractivity contribution in [1.82, 2.24) is 4.57 Å². The number of carbonyl (C=O) groups is 9. The minimum Gasteiger partial charge on any atom is -0.493 e. The molecule has 27 heteroatoms. The highest BCUT2D eigenvalue weighted by Crippen LogP contribution is 2.43. The van der Waals surface area contributed by atoms with Gasteiger partial charge in [0.1, 0.15) is 25.4 Å². The average molecular weight is 1190 g/mol. The Balaban J connectivity index is 1.52. The van der Waals surface area contributed by atoms with Gasteiger partial charge in [0.2, 0.25) is 42.2 Å². The molecule has 84 heavy (non-hydrogen) atoms. The molecule has 0 bridgehead atoms. The van der Waals surface area contributed by atoms with Crippen molar-refractivity contribution in [2.45, 2.75) is 162 Å². The molecule has 3 aromatic rings. The molecular weight excluding hydrogens is 1110 g/mol. The van der Waals surface area contributed by atoms with Crippen LogP contribution in [0.5, 0.6) is 28.7 Å². The molecule has 3 heterocycles. The summed E-state index contributed by atoms with van der Waals surface area (Å²) in [6.07, 6.45) is -7.46. The lowest BCUT2D eigenvalue weighted by Gasteiger charge is -2.44.